The lowest BCUT2D eigenvalue weighted by atomic mass is 10.1. The van der Waals surface area contributed by atoms with E-state index in [1.165, 1.54) is 47.0 Å². The zero-order valence-corrected chi connectivity index (χ0v) is 21.9. The Labute approximate surface area is 201 Å². The van der Waals surface area contributed by atoms with Gasteiger partial charge in [-0.2, -0.15) is 0 Å². The summed E-state index contributed by atoms with van der Waals surface area (Å²) >= 11 is 0. The SMILES string of the molecule is CC.CC.CC.Cc1c(F)cccc1F.Cc1cccc2ccccc12.Cc1ccccc1. The average molecular weight is 453 g/mol. The number of fused-ring (bicyclic) bond motifs is 1. The third-order valence-electron chi connectivity index (χ3n) is 4.15. The maximum atomic E-state index is 12.3. The van der Waals surface area contributed by atoms with Crippen LogP contribution in [-0.4, -0.2) is 0 Å². The molecule has 33 heavy (non-hydrogen) atoms. The van der Waals surface area contributed by atoms with E-state index < -0.39 is 11.6 Å². The van der Waals surface area contributed by atoms with Gasteiger partial charge in [-0.3, -0.25) is 0 Å². The number of rotatable bonds is 0. The van der Waals surface area contributed by atoms with E-state index in [2.05, 4.69) is 68.4 Å². The minimum absolute atomic E-state index is 0.0810. The van der Waals surface area contributed by atoms with E-state index in [0.717, 1.165) is 0 Å². The van der Waals surface area contributed by atoms with E-state index in [1.807, 2.05) is 59.7 Å². The van der Waals surface area contributed by atoms with Crippen molar-refractivity contribution in [1.29, 1.82) is 0 Å². The van der Waals surface area contributed by atoms with Crippen molar-refractivity contribution in [2.24, 2.45) is 0 Å². The molecule has 0 heterocycles. The molecule has 0 saturated heterocycles. The maximum Gasteiger partial charge on any atom is 0.129 e. The molecule has 0 unspecified atom stereocenters. The van der Waals surface area contributed by atoms with Gasteiger partial charge in [0.15, 0.2) is 0 Å². The minimum Gasteiger partial charge on any atom is -0.207 e. The summed E-state index contributed by atoms with van der Waals surface area (Å²) in [5.41, 5.74) is 2.75. The number of hydrogen-bond donors (Lipinski definition) is 0. The summed E-state index contributed by atoms with van der Waals surface area (Å²) < 4.78 is 24.7. The fourth-order valence-electron chi connectivity index (χ4n) is 2.50. The Kier molecular flexibility index (Phi) is 20.4. The predicted octanol–water partition coefficient (Wildman–Crippen LogP) is 10.5. The van der Waals surface area contributed by atoms with Crippen LogP contribution in [0, 0.1) is 32.4 Å². The molecule has 0 aliphatic carbocycles. The van der Waals surface area contributed by atoms with Crippen molar-refractivity contribution in [2.45, 2.75) is 62.3 Å². The second-order valence-corrected chi connectivity index (χ2v) is 6.30. The zero-order valence-electron chi connectivity index (χ0n) is 21.9. The minimum atomic E-state index is -0.491. The zero-order chi connectivity index (χ0) is 25.6. The van der Waals surface area contributed by atoms with Gasteiger partial charge in [-0.05, 0) is 49.2 Å². The van der Waals surface area contributed by atoms with Crippen LogP contribution in [0.3, 0.4) is 0 Å². The fraction of sp³-hybridized carbons (Fsp3) is 0.290. The molecule has 4 aromatic carbocycles. The number of hydrogen-bond acceptors (Lipinski definition) is 0. The van der Waals surface area contributed by atoms with E-state index in [0.29, 0.717) is 0 Å². The van der Waals surface area contributed by atoms with E-state index >= 15 is 0 Å². The Morgan fingerprint density at radius 3 is 1.30 bits per heavy atom. The van der Waals surface area contributed by atoms with Crippen molar-refractivity contribution in [2.75, 3.05) is 0 Å². The van der Waals surface area contributed by atoms with Crippen LogP contribution in [0.1, 0.15) is 58.2 Å². The van der Waals surface area contributed by atoms with Crippen LogP contribution >= 0.6 is 0 Å². The molecule has 0 fully saturated rings. The van der Waals surface area contributed by atoms with Crippen LogP contribution in [-0.2, 0) is 0 Å². The van der Waals surface area contributed by atoms with Crippen LogP contribution in [0.25, 0.3) is 10.8 Å². The van der Waals surface area contributed by atoms with Crippen molar-refractivity contribution in [3.05, 3.63) is 119 Å². The summed E-state index contributed by atoms with van der Waals surface area (Å²) in [5, 5.41) is 2.68. The normalized spacial score (nSPS) is 8.45. The van der Waals surface area contributed by atoms with Crippen LogP contribution in [0.15, 0.2) is 91.0 Å². The van der Waals surface area contributed by atoms with Gasteiger partial charge in [0.1, 0.15) is 11.6 Å². The highest BCUT2D eigenvalue weighted by atomic mass is 19.1. The van der Waals surface area contributed by atoms with Gasteiger partial charge in [0.25, 0.3) is 0 Å². The second-order valence-electron chi connectivity index (χ2n) is 6.30. The molecule has 0 atom stereocenters. The lowest BCUT2D eigenvalue weighted by Gasteiger charge is -1.98. The number of benzene rings is 4. The quantitative estimate of drug-likeness (QED) is 0.249. The Hall–Kier alpha value is -3.00. The second kappa shape index (κ2) is 20.9. The molecule has 0 saturated carbocycles. The molecule has 0 amide bonds. The Bertz CT molecular complexity index is 951. The first-order chi connectivity index (χ1) is 16.0. The largest absolute Gasteiger partial charge is 0.207 e. The van der Waals surface area contributed by atoms with Gasteiger partial charge in [0.2, 0.25) is 0 Å². The van der Waals surface area contributed by atoms with E-state index in [4.69, 9.17) is 0 Å². The molecule has 0 aromatic heterocycles. The number of aryl methyl sites for hydroxylation is 2. The predicted molar refractivity (Wildman–Crippen MR) is 145 cm³/mol. The van der Waals surface area contributed by atoms with E-state index in [9.17, 15) is 8.78 Å². The summed E-state index contributed by atoms with van der Waals surface area (Å²) in [7, 11) is 0. The van der Waals surface area contributed by atoms with Gasteiger partial charge >= 0.3 is 0 Å². The molecule has 0 aliphatic heterocycles. The van der Waals surface area contributed by atoms with Crippen LogP contribution in [0.2, 0.25) is 0 Å². The third-order valence-corrected chi connectivity index (χ3v) is 4.15. The first-order valence-electron chi connectivity index (χ1n) is 11.9. The fourth-order valence-corrected chi connectivity index (χ4v) is 2.50. The highest BCUT2D eigenvalue weighted by molar-refractivity contribution is 5.85. The Morgan fingerprint density at radius 2 is 0.879 bits per heavy atom. The van der Waals surface area contributed by atoms with Crippen LogP contribution in [0.4, 0.5) is 8.78 Å². The third kappa shape index (κ3) is 13.2. The molecule has 0 bridgehead atoms. The van der Waals surface area contributed by atoms with Crippen molar-refractivity contribution in [3.63, 3.8) is 0 Å². The van der Waals surface area contributed by atoms with Gasteiger partial charge in [-0.1, -0.05) is 126 Å². The maximum absolute atomic E-state index is 12.3. The Balaban J connectivity index is 0. The summed E-state index contributed by atoms with van der Waals surface area (Å²) in [6.07, 6.45) is 0. The summed E-state index contributed by atoms with van der Waals surface area (Å²) in [6.45, 7) is 17.6. The smallest absolute Gasteiger partial charge is 0.129 e. The van der Waals surface area contributed by atoms with Crippen molar-refractivity contribution < 1.29 is 8.78 Å². The molecule has 2 heteroatoms. The van der Waals surface area contributed by atoms with Gasteiger partial charge in [-0.15, -0.1) is 0 Å². The summed E-state index contributed by atoms with van der Waals surface area (Å²) in [4.78, 5) is 0. The molecule has 0 aliphatic rings. The molecule has 0 spiro atoms. The number of halogens is 2. The van der Waals surface area contributed by atoms with E-state index in [1.54, 1.807) is 0 Å². The standard InChI is InChI=1S/C11H10.C7H6F2.C7H8.3C2H6/c1-9-5-4-7-10-6-2-3-8-11(9)10;1-5-6(8)3-2-4-7(5)9;1-7-5-3-2-4-6-7;3*1-2/h2-8H,1H3;2-4H,1H3;2-6H,1H3;3*1-2H3. The van der Waals surface area contributed by atoms with E-state index in [-0.39, 0.29) is 5.56 Å². The molecule has 4 aromatic rings. The molecule has 0 radical (unpaired) electrons. The summed E-state index contributed by atoms with van der Waals surface area (Å²) in [5.74, 6) is -0.981. The first kappa shape index (κ1) is 32.2. The lowest BCUT2D eigenvalue weighted by molar-refractivity contribution is 0.568. The molecule has 0 N–H and O–H groups in total. The van der Waals surface area contributed by atoms with Gasteiger partial charge in [0.05, 0.1) is 0 Å². The van der Waals surface area contributed by atoms with Crippen molar-refractivity contribution in [1.82, 2.24) is 0 Å². The topological polar surface area (TPSA) is 0 Å². The highest BCUT2D eigenvalue weighted by Gasteiger charge is 1.99. The van der Waals surface area contributed by atoms with Gasteiger partial charge in [0, 0.05) is 5.56 Å². The molecule has 4 rings (SSSR count). The average Bonchev–Trinajstić information content (AvgIpc) is 2.88. The monoisotopic (exact) mass is 452 g/mol. The summed E-state index contributed by atoms with van der Waals surface area (Å²) in [6, 6.07) is 28.9. The molecule has 0 nitrogen and oxygen atoms in total. The van der Waals surface area contributed by atoms with Gasteiger partial charge in [-0.25, -0.2) is 8.78 Å². The van der Waals surface area contributed by atoms with Gasteiger partial charge < -0.3 is 0 Å². The lowest BCUT2D eigenvalue weighted by Crippen LogP contribution is -1.85. The molecular formula is C31H42F2. The molecule has 180 valence electrons. The first-order valence-corrected chi connectivity index (χ1v) is 11.9. The Morgan fingerprint density at radius 1 is 0.455 bits per heavy atom. The van der Waals surface area contributed by atoms with Crippen LogP contribution < -0.4 is 0 Å². The van der Waals surface area contributed by atoms with Crippen molar-refractivity contribution in [3.8, 4) is 0 Å². The molecular weight excluding hydrogens is 410 g/mol. The highest BCUT2D eigenvalue weighted by Crippen LogP contribution is 2.16. The van der Waals surface area contributed by atoms with Crippen LogP contribution in [0.5, 0.6) is 0 Å². The van der Waals surface area contributed by atoms with Crippen molar-refractivity contribution >= 4 is 10.8 Å².